The van der Waals surface area contributed by atoms with Crippen LogP contribution in [0.3, 0.4) is 0 Å². The second kappa shape index (κ2) is 8.63. The van der Waals surface area contributed by atoms with Crippen molar-refractivity contribution >= 4 is 28.8 Å². The summed E-state index contributed by atoms with van der Waals surface area (Å²) in [7, 11) is 0. The molecule has 0 fully saturated rings. The molecule has 0 saturated heterocycles. The van der Waals surface area contributed by atoms with Gasteiger partial charge >= 0.3 is 0 Å². The predicted octanol–water partition coefficient (Wildman–Crippen LogP) is 2.63. The fourth-order valence-electron chi connectivity index (χ4n) is 3.71. The molecule has 1 aliphatic rings. The smallest absolute Gasteiger partial charge is 0.281 e. The molecule has 0 bridgehead atoms. The number of aromatic amines is 1. The van der Waals surface area contributed by atoms with Gasteiger partial charge in [0.2, 0.25) is 5.91 Å². The van der Waals surface area contributed by atoms with E-state index in [0.717, 1.165) is 28.2 Å². The van der Waals surface area contributed by atoms with Crippen molar-refractivity contribution in [3.63, 3.8) is 0 Å². The molecule has 1 aromatic carbocycles. The number of aromatic nitrogens is 4. The molecular formula is C22H24N6O3. The van der Waals surface area contributed by atoms with Gasteiger partial charge in [0.1, 0.15) is 5.82 Å². The first-order valence-corrected chi connectivity index (χ1v) is 10.3. The number of H-pyrrole nitrogens is 1. The van der Waals surface area contributed by atoms with Gasteiger partial charge in [-0.3, -0.25) is 19.3 Å². The van der Waals surface area contributed by atoms with Crippen molar-refractivity contribution in [1.82, 2.24) is 30.2 Å². The molecule has 9 heteroatoms. The number of carbonyl (C=O) groups excluding carboxylic acids is 3. The van der Waals surface area contributed by atoms with Crippen molar-refractivity contribution in [2.24, 2.45) is 5.92 Å². The van der Waals surface area contributed by atoms with E-state index in [1.807, 2.05) is 24.3 Å². The third-order valence-electron chi connectivity index (χ3n) is 5.16. The van der Waals surface area contributed by atoms with Crippen molar-refractivity contribution in [3.8, 4) is 0 Å². The predicted molar refractivity (Wildman–Crippen MR) is 113 cm³/mol. The number of para-hydroxylation sites is 2. The first-order chi connectivity index (χ1) is 14.9. The van der Waals surface area contributed by atoms with E-state index in [2.05, 4.69) is 39.1 Å². The number of imide groups is 1. The Bertz CT molecular complexity index is 1070. The monoisotopic (exact) mass is 420 g/mol. The quantitative estimate of drug-likeness (QED) is 0.541. The summed E-state index contributed by atoms with van der Waals surface area (Å²) in [5, 5.41) is 3.04. The highest BCUT2D eigenvalue weighted by atomic mass is 16.2. The second-order valence-electron chi connectivity index (χ2n) is 8.01. The minimum Gasteiger partial charge on any atom is -0.346 e. The number of hydrogen-bond donors (Lipinski definition) is 2. The number of fused-ring (bicyclic) bond motifs is 2. The zero-order chi connectivity index (χ0) is 22.0. The van der Waals surface area contributed by atoms with Crippen LogP contribution in [0.4, 0.5) is 0 Å². The molecule has 4 rings (SSSR count). The summed E-state index contributed by atoms with van der Waals surface area (Å²) < 4.78 is 0. The third kappa shape index (κ3) is 4.30. The highest BCUT2D eigenvalue weighted by molar-refractivity contribution is 6.19. The molecular weight excluding hydrogens is 396 g/mol. The summed E-state index contributed by atoms with van der Waals surface area (Å²) in [6.45, 7) is 4.32. The molecule has 31 heavy (non-hydrogen) atoms. The Labute approximate surface area is 179 Å². The summed E-state index contributed by atoms with van der Waals surface area (Å²) in [6, 6.07) is 7.49. The van der Waals surface area contributed by atoms with Crippen molar-refractivity contribution in [2.75, 3.05) is 6.54 Å². The van der Waals surface area contributed by atoms with Crippen LogP contribution >= 0.6 is 0 Å². The first kappa shape index (κ1) is 20.6. The Kier molecular flexibility index (Phi) is 5.75. The molecule has 3 aromatic rings. The van der Waals surface area contributed by atoms with E-state index in [4.69, 9.17) is 0 Å². The number of benzene rings is 1. The van der Waals surface area contributed by atoms with Crippen LogP contribution in [-0.4, -0.2) is 49.1 Å². The lowest BCUT2D eigenvalue weighted by molar-refractivity contribution is -0.122. The van der Waals surface area contributed by atoms with Crippen molar-refractivity contribution in [3.05, 3.63) is 53.9 Å². The number of nitrogens with zero attached hydrogens (tertiary/aromatic N) is 4. The van der Waals surface area contributed by atoms with Crippen LogP contribution in [-0.2, 0) is 4.79 Å². The van der Waals surface area contributed by atoms with Crippen LogP contribution in [0.15, 0.2) is 36.7 Å². The number of rotatable bonds is 8. The first-order valence-electron chi connectivity index (χ1n) is 10.3. The summed E-state index contributed by atoms with van der Waals surface area (Å²) in [6.07, 6.45) is 4.04. The third-order valence-corrected chi connectivity index (χ3v) is 5.16. The SMILES string of the molecule is CC(C)CC(NC(=O)CCCN1C(=O)c2nccnc2C1=O)c1nc2ccccc2[nH]1. The van der Waals surface area contributed by atoms with Gasteiger partial charge in [-0.25, -0.2) is 15.0 Å². The number of amides is 3. The molecule has 0 radical (unpaired) electrons. The molecule has 1 unspecified atom stereocenters. The van der Waals surface area contributed by atoms with Gasteiger partial charge in [-0.15, -0.1) is 0 Å². The van der Waals surface area contributed by atoms with Gasteiger partial charge in [0, 0.05) is 25.4 Å². The molecule has 3 heterocycles. The van der Waals surface area contributed by atoms with Crippen LogP contribution in [0.25, 0.3) is 11.0 Å². The standard InChI is InChI=1S/C22H24N6O3/c1-13(2)12-16(20-26-14-6-3-4-7-15(14)27-20)25-17(29)8-5-11-28-21(30)18-19(22(28)31)24-10-9-23-18/h3-4,6-7,9-10,13,16H,5,8,11-12H2,1-2H3,(H,25,29)(H,26,27). The number of hydrogen-bond acceptors (Lipinski definition) is 6. The van der Waals surface area contributed by atoms with E-state index in [0.29, 0.717) is 12.3 Å². The van der Waals surface area contributed by atoms with Gasteiger partial charge in [0.15, 0.2) is 11.4 Å². The topological polar surface area (TPSA) is 121 Å². The maximum Gasteiger partial charge on any atom is 0.281 e. The fourth-order valence-corrected chi connectivity index (χ4v) is 3.71. The minimum absolute atomic E-state index is 0.0684. The highest BCUT2D eigenvalue weighted by Crippen LogP contribution is 2.23. The Morgan fingerprint density at radius 3 is 2.42 bits per heavy atom. The van der Waals surface area contributed by atoms with Crippen LogP contribution in [0.5, 0.6) is 0 Å². The maximum absolute atomic E-state index is 12.6. The molecule has 1 atom stereocenters. The lowest BCUT2D eigenvalue weighted by atomic mass is 10.0. The van der Waals surface area contributed by atoms with Crippen molar-refractivity contribution in [2.45, 2.75) is 39.2 Å². The average Bonchev–Trinajstić information content (AvgIpc) is 3.28. The van der Waals surface area contributed by atoms with E-state index in [1.54, 1.807) is 0 Å². The van der Waals surface area contributed by atoms with Gasteiger partial charge in [-0.2, -0.15) is 0 Å². The summed E-state index contributed by atoms with van der Waals surface area (Å²) >= 11 is 0. The Morgan fingerprint density at radius 1 is 1.10 bits per heavy atom. The lowest BCUT2D eigenvalue weighted by Gasteiger charge is -2.19. The Hall–Kier alpha value is -3.62. The van der Waals surface area contributed by atoms with Gasteiger partial charge < -0.3 is 10.3 Å². The van der Waals surface area contributed by atoms with Crippen LogP contribution in [0.2, 0.25) is 0 Å². The summed E-state index contributed by atoms with van der Waals surface area (Å²) in [4.78, 5) is 54.2. The molecule has 0 saturated carbocycles. The molecule has 0 aliphatic carbocycles. The summed E-state index contributed by atoms with van der Waals surface area (Å²) in [5.74, 6) is -0.00138. The molecule has 1 aliphatic heterocycles. The van der Waals surface area contributed by atoms with Crippen LogP contribution in [0, 0.1) is 5.92 Å². The molecule has 2 aromatic heterocycles. The largest absolute Gasteiger partial charge is 0.346 e. The average molecular weight is 420 g/mol. The van der Waals surface area contributed by atoms with Gasteiger partial charge in [0.25, 0.3) is 11.8 Å². The van der Waals surface area contributed by atoms with Crippen LogP contribution < -0.4 is 5.32 Å². The van der Waals surface area contributed by atoms with E-state index < -0.39 is 11.8 Å². The van der Waals surface area contributed by atoms with E-state index in [-0.39, 0.29) is 36.3 Å². The van der Waals surface area contributed by atoms with Gasteiger partial charge in [-0.1, -0.05) is 26.0 Å². The van der Waals surface area contributed by atoms with E-state index in [1.165, 1.54) is 12.4 Å². The number of imidazole rings is 1. The van der Waals surface area contributed by atoms with Crippen molar-refractivity contribution in [1.29, 1.82) is 0 Å². The number of nitrogens with one attached hydrogen (secondary N) is 2. The minimum atomic E-state index is -0.464. The fraction of sp³-hybridized carbons (Fsp3) is 0.364. The highest BCUT2D eigenvalue weighted by Gasteiger charge is 2.37. The van der Waals surface area contributed by atoms with Crippen molar-refractivity contribution < 1.29 is 14.4 Å². The summed E-state index contributed by atoms with van der Waals surface area (Å²) in [5.41, 5.74) is 1.92. The molecule has 0 spiro atoms. The Morgan fingerprint density at radius 2 is 1.77 bits per heavy atom. The second-order valence-corrected chi connectivity index (χ2v) is 8.01. The van der Waals surface area contributed by atoms with E-state index >= 15 is 0 Å². The molecule has 2 N–H and O–H groups in total. The van der Waals surface area contributed by atoms with E-state index in [9.17, 15) is 14.4 Å². The lowest BCUT2D eigenvalue weighted by Crippen LogP contribution is -2.33. The van der Waals surface area contributed by atoms with Crippen LogP contribution in [0.1, 0.15) is 66.0 Å². The normalized spacial score (nSPS) is 14.4. The maximum atomic E-state index is 12.6. The molecule has 9 nitrogen and oxygen atoms in total. The molecule has 160 valence electrons. The van der Waals surface area contributed by atoms with Gasteiger partial charge in [-0.05, 0) is 30.9 Å². The zero-order valence-electron chi connectivity index (χ0n) is 17.5. The number of carbonyl (C=O) groups is 3. The van der Waals surface area contributed by atoms with Gasteiger partial charge in [0.05, 0.1) is 17.1 Å². The Balaban J connectivity index is 1.36. The zero-order valence-corrected chi connectivity index (χ0v) is 17.5. The molecule has 3 amide bonds.